The lowest BCUT2D eigenvalue weighted by Gasteiger charge is -2.16. The van der Waals surface area contributed by atoms with Gasteiger partial charge in [0, 0.05) is 38.9 Å². The quantitative estimate of drug-likeness (QED) is 0.424. The van der Waals surface area contributed by atoms with E-state index in [1.807, 2.05) is 6.07 Å². The van der Waals surface area contributed by atoms with E-state index < -0.39 is 0 Å². The molecule has 0 saturated carbocycles. The first-order chi connectivity index (χ1) is 10.7. The molecule has 0 spiro atoms. The van der Waals surface area contributed by atoms with Gasteiger partial charge >= 0.3 is 0 Å². The number of nitrogens with one attached hydrogen (secondary N) is 2. The second kappa shape index (κ2) is 9.73. The number of rotatable bonds is 8. The third-order valence-corrected chi connectivity index (χ3v) is 3.06. The van der Waals surface area contributed by atoms with Gasteiger partial charge in [-0.3, -0.25) is 4.99 Å². The van der Waals surface area contributed by atoms with Crippen LogP contribution in [0.15, 0.2) is 17.1 Å². The number of ether oxygens (including phenoxy) is 4. The second-order valence-corrected chi connectivity index (χ2v) is 4.36. The van der Waals surface area contributed by atoms with Crippen LogP contribution in [0.2, 0.25) is 0 Å². The van der Waals surface area contributed by atoms with E-state index in [-0.39, 0.29) is 0 Å². The molecule has 0 aromatic heterocycles. The van der Waals surface area contributed by atoms with Gasteiger partial charge in [-0.2, -0.15) is 0 Å². The normalized spacial score (nSPS) is 11.0. The average Bonchev–Trinajstić information content (AvgIpc) is 2.57. The van der Waals surface area contributed by atoms with Crippen molar-refractivity contribution in [2.24, 2.45) is 4.99 Å². The van der Waals surface area contributed by atoms with Gasteiger partial charge in [-0.05, 0) is 6.07 Å². The largest absolute Gasteiger partial charge is 0.496 e. The van der Waals surface area contributed by atoms with E-state index in [9.17, 15) is 0 Å². The standard InChI is InChI=1S/C15H25N3O4/c1-16-15(17-6-7-19-2)18-10-11-8-13(21-4)14(22-5)9-12(11)20-3/h8-9H,6-7,10H2,1-5H3,(H2,16,17,18). The van der Waals surface area contributed by atoms with E-state index in [4.69, 9.17) is 18.9 Å². The van der Waals surface area contributed by atoms with Crippen LogP contribution in [0.1, 0.15) is 5.56 Å². The topological polar surface area (TPSA) is 73.3 Å². The van der Waals surface area contributed by atoms with E-state index in [0.29, 0.717) is 37.2 Å². The molecule has 7 heteroatoms. The zero-order chi connectivity index (χ0) is 16.4. The summed E-state index contributed by atoms with van der Waals surface area (Å²) < 4.78 is 21.0. The Labute approximate surface area is 131 Å². The Hall–Kier alpha value is -2.15. The SMILES string of the molecule is CN=C(NCCOC)NCc1cc(OC)c(OC)cc1OC. The number of aliphatic imine (C=N–C) groups is 1. The molecule has 1 aromatic rings. The Morgan fingerprint density at radius 2 is 1.59 bits per heavy atom. The molecular formula is C15H25N3O4. The lowest BCUT2D eigenvalue weighted by atomic mass is 10.1. The Balaban J connectivity index is 2.79. The molecule has 0 aliphatic heterocycles. The Kier molecular flexibility index (Phi) is 7.91. The number of methoxy groups -OCH3 is 4. The van der Waals surface area contributed by atoms with Gasteiger partial charge in [0.15, 0.2) is 17.5 Å². The molecule has 2 N–H and O–H groups in total. The highest BCUT2D eigenvalue weighted by Gasteiger charge is 2.12. The molecule has 1 aromatic carbocycles. The molecule has 0 radical (unpaired) electrons. The maximum Gasteiger partial charge on any atom is 0.191 e. The van der Waals surface area contributed by atoms with Crippen molar-refractivity contribution in [3.05, 3.63) is 17.7 Å². The smallest absolute Gasteiger partial charge is 0.191 e. The molecule has 0 unspecified atom stereocenters. The van der Waals surface area contributed by atoms with Gasteiger partial charge in [0.05, 0.1) is 27.9 Å². The number of nitrogens with zero attached hydrogens (tertiary/aromatic N) is 1. The molecule has 124 valence electrons. The summed E-state index contributed by atoms with van der Waals surface area (Å²) in [6, 6.07) is 3.68. The van der Waals surface area contributed by atoms with Gasteiger partial charge < -0.3 is 29.6 Å². The molecule has 0 heterocycles. The van der Waals surface area contributed by atoms with Crippen LogP contribution >= 0.6 is 0 Å². The maximum absolute atomic E-state index is 5.40. The summed E-state index contributed by atoms with van der Waals surface area (Å²) in [4.78, 5) is 4.15. The minimum Gasteiger partial charge on any atom is -0.496 e. The van der Waals surface area contributed by atoms with Crippen LogP contribution in [0.25, 0.3) is 0 Å². The lowest BCUT2D eigenvalue weighted by Crippen LogP contribution is -2.38. The van der Waals surface area contributed by atoms with Gasteiger partial charge in [-0.25, -0.2) is 0 Å². The van der Waals surface area contributed by atoms with E-state index in [0.717, 1.165) is 11.3 Å². The Morgan fingerprint density at radius 3 is 2.14 bits per heavy atom. The van der Waals surface area contributed by atoms with Crippen molar-refractivity contribution in [1.29, 1.82) is 0 Å². The van der Waals surface area contributed by atoms with E-state index in [1.165, 1.54) is 0 Å². The molecule has 0 aliphatic carbocycles. The van der Waals surface area contributed by atoms with Crippen molar-refractivity contribution in [3.63, 3.8) is 0 Å². The molecule has 22 heavy (non-hydrogen) atoms. The molecular weight excluding hydrogens is 286 g/mol. The summed E-state index contributed by atoms with van der Waals surface area (Å²) in [6.45, 7) is 1.83. The van der Waals surface area contributed by atoms with Crippen molar-refractivity contribution in [2.75, 3.05) is 48.6 Å². The van der Waals surface area contributed by atoms with Crippen LogP contribution in [0, 0.1) is 0 Å². The molecule has 0 fully saturated rings. The van der Waals surface area contributed by atoms with Crippen molar-refractivity contribution < 1.29 is 18.9 Å². The second-order valence-electron chi connectivity index (χ2n) is 4.36. The van der Waals surface area contributed by atoms with Crippen molar-refractivity contribution in [1.82, 2.24) is 10.6 Å². The first-order valence-corrected chi connectivity index (χ1v) is 6.92. The summed E-state index contributed by atoms with van der Waals surface area (Å²) in [5, 5.41) is 6.36. The van der Waals surface area contributed by atoms with Crippen LogP contribution in [0.5, 0.6) is 17.2 Å². The maximum atomic E-state index is 5.40. The molecule has 0 aliphatic rings. The zero-order valence-electron chi connectivity index (χ0n) is 13.9. The summed E-state index contributed by atoms with van der Waals surface area (Å²) >= 11 is 0. The van der Waals surface area contributed by atoms with Crippen molar-refractivity contribution in [3.8, 4) is 17.2 Å². The average molecular weight is 311 g/mol. The van der Waals surface area contributed by atoms with E-state index >= 15 is 0 Å². The number of hydrogen-bond donors (Lipinski definition) is 2. The molecule has 7 nitrogen and oxygen atoms in total. The highest BCUT2D eigenvalue weighted by molar-refractivity contribution is 5.79. The van der Waals surface area contributed by atoms with Crippen LogP contribution in [0.4, 0.5) is 0 Å². The van der Waals surface area contributed by atoms with Crippen LogP contribution < -0.4 is 24.8 Å². The first-order valence-electron chi connectivity index (χ1n) is 6.92. The predicted octanol–water partition coefficient (Wildman–Crippen LogP) is 1.02. The predicted molar refractivity (Wildman–Crippen MR) is 86.2 cm³/mol. The van der Waals surface area contributed by atoms with Crippen molar-refractivity contribution in [2.45, 2.75) is 6.54 Å². The monoisotopic (exact) mass is 311 g/mol. The van der Waals surface area contributed by atoms with Crippen LogP contribution in [-0.4, -0.2) is 54.6 Å². The van der Waals surface area contributed by atoms with Gasteiger partial charge in [0.2, 0.25) is 0 Å². The molecule has 0 atom stereocenters. The first kappa shape index (κ1) is 17.9. The molecule has 1 rings (SSSR count). The van der Waals surface area contributed by atoms with Crippen LogP contribution in [-0.2, 0) is 11.3 Å². The number of hydrogen-bond acceptors (Lipinski definition) is 5. The lowest BCUT2D eigenvalue weighted by molar-refractivity contribution is 0.203. The van der Waals surface area contributed by atoms with E-state index in [2.05, 4.69) is 15.6 Å². The van der Waals surface area contributed by atoms with E-state index in [1.54, 1.807) is 41.6 Å². The fraction of sp³-hybridized carbons (Fsp3) is 0.533. The highest BCUT2D eigenvalue weighted by Crippen LogP contribution is 2.34. The fourth-order valence-corrected chi connectivity index (χ4v) is 1.90. The zero-order valence-corrected chi connectivity index (χ0v) is 13.9. The third-order valence-electron chi connectivity index (χ3n) is 3.06. The minimum atomic E-state index is 0.538. The number of benzene rings is 1. The summed E-state index contributed by atoms with van der Waals surface area (Å²) in [5.74, 6) is 2.69. The molecule has 0 amide bonds. The summed E-state index contributed by atoms with van der Waals surface area (Å²) in [6.07, 6.45) is 0. The summed E-state index contributed by atoms with van der Waals surface area (Å²) in [5.41, 5.74) is 0.940. The highest BCUT2D eigenvalue weighted by atomic mass is 16.5. The van der Waals surface area contributed by atoms with Gasteiger partial charge in [0.25, 0.3) is 0 Å². The fourth-order valence-electron chi connectivity index (χ4n) is 1.90. The molecule has 0 saturated heterocycles. The molecule has 0 bridgehead atoms. The van der Waals surface area contributed by atoms with Gasteiger partial charge in [-0.1, -0.05) is 0 Å². The Bertz CT molecular complexity index is 492. The van der Waals surface area contributed by atoms with Crippen molar-refractivity contribution >= 4 is 5.96 Å². The van der Waals surface area contributed by atoms with Crippen LogP contribution in [0.3, 0.4) is 0 Å². The number of guanidine groups is 1. The van der Waals surface area contributed by atoms with Gasteiger partial charge in [0.1, 0.15) is 5.75 Å². The Morgan fingerprint density at radius 1 is 0.955 bits per heavy atom. The minimum absolute atomic E-state index is 0.538. The summed E-state index contributed by atoms with van der Waals surface area (Å²) in [7, 11) is 8.19. The third kappa shape index (κ3) is 5.00. The van der Waals surface area contributed by atoms with Gasteiger partial charge in [-0.15, -0.1) is 0 Å².